The van der Waals surface area contributed by atoms with Gasteiger partial charge in [-0.3, -0.25) is 4.79 Å². The van der Waals surface area contributed by atoms with E-state index in [-0.39, 0.29) is 5.91 Å². The largest absolute Gasteiger partial charge is 0.352 e. The molecule has 2 aliphatic rings. The topological polar surface area (TPSA) is 41.1 Å². The SMILES string of the molecule is CC1CCC(NC(=O)CNC2CC2)CC1C. The summed E-state index contributed by atoms with van der Waals surface area (Å²) in [5.74, 6) is 1.74. The Hall–Kier alpha value is -0.570. The molecule has 0 aliphatic heterocycles. The predicted molar refractivity (Wildman–Crippen MR) is 65.1 cm³/mol. The molecule has 0 aromatic rings. The van der Waals surface area contributed by atoms with Crippen molar-refractivity contribution >= 4 is 5.91 Å². The Balaban J connectivity index is 1.65. The van der Waals surface area contributed by atoms with Crippen LogP contribution in [0.25, 0.3) is 0 Å². The van der Waals surface area contributed by atoms with Crippen LogP contribution in [0.2, 0.25) is 0 Å². The van der Waals surface area contributed by atoms with E-state index < -0.39 is 0 Å². The van der Waals surface area contributed by atoms with Crippen molar-refractivity contribution in [2.24, 2.45) is 11.8 Å². The Morgan fingerprint density at radius 2 is 1.75 bits per heavy atom. The summed E-state index contributed by atoms with van der Waals surface area (Å²) in [4.78, 5) is 11.7. The van der Waals surface area contributed by atoms with Crippen LogP contribution in [0.15, 0.2) is 0 Å². The molecule has 2 aliphatic carbocycles. The van der Waals surface area contributed by atoms with Gasteiger partial charge in [-0.15, -0.1) is 0 Å². The van der Waals surface area contributed by atoms with E-state index in [0.717, 1.165) is 24.7 Å². The van der Waals surface area contributed by atoms with Gasteiger partial charge in [0.15, 0.2) is 0 Å². The smallest absolute Gasteiger partial charge is 0.234 e. The molecule has 0 heterocycles. The highest BCUT2D eigenvalue weighted by molar-refractivity contribution is 5.78. The lowest BCUT2D eigenvalue weighted by Gasteiger charge is -2.32. The molecule has 0 aromatic carbocycles. The Morgan fingerprint density at radius 3 is 2.38 bits per heavy atom. The molecule has 0 aromatic heterocycles. The van der Waals surface area contributed by atoms with E-state index in [0.29, 0.717) is 18.6 Å². The number of amides is 1. The molecule has 2 saturated carbocycles. The van der Waals surface area contributed by atoms with Gasteiger partial charge in [-0.05, 0) is 43.9 Å². The Morgan fingerprint density at radius 1 is 1.06 bits per heavy atom. The van der Waals surface area contributed by atoms with Crippen LogP contribution in [0.1, 0.15) is 46.0 Å². The molecule has 2 fully saturated rings. The van der Waals surface area contributed by atoms with E-state index in [9.17, 15) is 4.79 Å². The monoisotopic (exact) mass is 224 g/mol. The fourth-order valence-electron chi connectivity index (χ4n) is 2.48. The first kappa shape index (κ1) is 11.9. The van der Waals surface area contributed by atoms with Crippen molar-refractivity contribution in [3.05, 3.63) is 0 Å². The molecule has 1 amide bonds. The van der Waals surface area contributed by atoms with E-state index in [1.165, 1.54) is 19.3 Å². The molecule has 3 heteroatoms. The molecule has 0 radical (unpaired) electrons. The van der Waals surface area contributed by atoms with Gasteiger partial charge in [0.25, 0.3) is 0 Å². The van der Waals surface area contributed by atoms with Crippen LogP contribution < -0.4 is 10.6 Å². The molecule has 3 atom stereocenters. The summed E-state index contributed by atoms with van der Waals surface area (Å²) < 4.78 is 0. The maximum absolute atomic E-state index is 11.7. The first-order chi connectivity index (χ1) is 7.65. The maximum atomic E-state index is 11.7. The average Bonchev–Trinajstić information content (AvgIpc) is 3.04. The van der Waals surface area contributed by atoms with Crippen LogP contribution in [0.4, 0.5) is 0 Å². The Labute approximate surface area is 98.4 Å². The summed E-state index contributed by atoms with van der Waals surface area (Å²) >= 11 is 0. The number of nitrogens with one attached hydrogen (secondary N) is 2. The molecule has 3 unspecified atom stereocenters. The van der Waals surface area contributed by atoms with Gasteiger partial charge in [0.1, 0.15) is 0 Å². The second-order valence-electron chi connectivity index (χ2n) is 5.69. The van der Waals surface area contributed by atoms with Crippen LogP contribution in [0.3, 0.4) is 0 Å². The third-order valence-corrected chi connectivity index (χ3v) is 4.09. The molecule has 3 nitrogen and oxygen atoms in total. The quantitative estimate of drug-likeness (QED) is 0.763. The van der Waals surface area contributed by atoms with Crippen molar-refractivity contribution < 1.29 is 4.79 Å². The molecular formula is C13H24N2O. The zero-order valence-electron chi connectivity index (χ0n) is 10.5. The van der Waals surface area contributed by atoms with Gasteiger partial charge >= 0.3 is 0 Å². The van der Waals surface area contributed by atoms with Crippen molar-refractivity contribution in [1.29, 1.82) is 0 Å². The van der Waals surface area contributed by atoms with Gasteiger partial charge in [0, 0.05) is 12.1 Å². The summed E-state index contributed by atoms with van der Waals surface area (Å²) in [6.45, 7) is 5.12. The van der Waals surface area contributed by atoms with Gasteiger partial charge in [0.05, 0.1) is 6.54 Å². The van der Waals surface area contributed by atoms with Crippen molar-refractivity contribution in [3.63, 3.8) is 0 Å². The zero-order chi connectivity index (χ0) is 11.5. The number of carbonyl (C=O) groups is 1. The normalized spacial score (nSPS) is 34.8. The summed E-state index contributed by atoms with van der Waals surface area (Å²) in [6.07, 6.45) is 6.04. The van der Waals surface area contributed by atoms with Crippen molar-refractivity contribution in [3.8, 4) is 0 Å². The lowest BCUT2D eigenvalue weighted by Crippen LogP contribution is -2.43. The van der Waals surface area contributed by atoms with Gasteiger partial charge < -0.3 is 10.6 Å². The molecule has 16 heavy (non-hydrogen) atoms. The van der Waals surface area contributed by atoms with Crippen LogP contribution in [0, 0.1) is 11.8 Å². The molecule has 92 valence electrons. The number of rotatable bonds is 4. The maximum Gasteiger partial charge on any atom is 0.234 e. The molecular weight excluding hydrogens is 200 g/mol. The highest BCUT2D eigenvalue weighted by Crippen LogP contribution is 2.29. The Bertz CT molecular complexity index is 250. The highest BCUT2D eigenvalue weighted by atomic mass is 16.2. The van der Waals surface area contributed by atoms with E-state index in [1.54, 1.807) is 0 Å². The van der Waals surface area contributed by atoms with Crippen LogP contribution >= 0.6 is 0 Å². The van der Waals surface area contributed by atoms with Crippen LogP contribution in [-0.4, -0.2) is 24.5 Å². The fraction of sp³-hybridized carbons (Fsp3) is 0.923. The average molecular weight is 224 g/mol. The van der Waals surface area contributed by atoms with Gasteiger partial charge in [0.2, 0.25) is 5.91 Å². The second kappa shape index (κ2) is 5.17. The number of hydrogen-bond donors (Lipinski definition) is 2. The molecule has 0 bridgehead atoms. The minimum atomic E-state index is 0.179. The predicted octanol–water partition coefficient (Wildman–Crippen LogP) is 1.68. The lowest BCUT2D eigenvalue weighted by atomic mass is 9.79. The second-order valence-corrected chi connectivity index (χ2v) is 5.69. The first-order valence-corrected chi connectivity index (χ1v) is 6.68. The summed E-state index contributed by atoms with van der Waals surface area (Å²) in [5, 5.41) is 6.41. The van der Waals surface area contributed by atoms with E-state index in [1.807, 2.05) is 0 Å². The summed E-state index contributed by atoms with van der Waals surface area (Å²) in [6, 6.07) is 1.04. The van der Waals surface area contributed by atoms with Gasteiger partial charge in [-0.2, -0.15) is 0 Å². The fourth-order valence-corrected chi connectivity index (χ4v) is 2.48. The highest BCUT2D eigenvalue weighted by Gasteiger charge is 2.26. The minimum Gasteiger partial charge on any atom is -0.352 e. The standard InChI is InChI=1S/C13H24N2O/c1-9-3-4-12(7-10(9)2)15-13(16)8-14-11-5-6-11/h9-12,14H,3-8H2,1-2H3,(H,15,16). The molecule has 0 spiro atoms. The summed E-state index contributed by atoms with van der Waals surface area (Å²) in [5.41, 5.74) is 0. The first-order valence-electron chi connectivity index (χ1n) is 6.68. The van der Waals surface area contributed by atoms with Gasteiger partial charge in [-0.1, -0.05) is 13.8 Å². The number of hydrogen-bond acceptors (Lipinski definition) is 2. The van der Waals surface area contributed by atoms with Crippen molar-refractivity contribution in [2.75, 3.05) is 6.54 Å². The van der Waals surface area contributed by atoms with E-state index in [2.05, 4.69) is 24.5 Å². The van der Waals surface area contributed by atoms with Crippen molar-refractivity contribution in [2.45, 2.75) is 58.0 Å². The van der Waals surface area contributed by atoms with Crippen molar-refractivity contribution in [1.82, 2.24) is 10.6 Å². The minimum absolute atomic E-state index is 0.179. The Kier molecular flexibility index (Phi) is 3.85. The zero-order valence-corrected chi connectivity index (χ0v) is 10.5. The van der Waals surface area contributed by atoms with E-state index in [4.69, 9.17) is 0 Å². The van der Waals surface area contributed by atoms with Crippen LogP contribution in [0.5, 0.6) is 0 Å². The van der Waals surface area contributed by atoms with Crippen LogP contribution in [-0.2, 0) is 4.79 Å². The molecule has 0 saturated heterocycles. The van der Waals surface area contributed by atoms with E-state index >= 15 is 0 Å². The number of carbonyl (C=O) groups excluding carboxylic acids is 1. The third kappa shape index (κ3) is 3.48. The lowest BCUT2D eigenvalue weighted by molar-refractivity contribution is -0.121. The molecule has 2 N–H and O–H groups in total. The third-order valence-electron chi connectivity index (χ3n) is 4.09. The summed E-state index contributed by atoms with van der Waals surface area (Å²) in [7, 11) is 0. The molecule has 2 rings (SSSR count). The van der Waals surface area contributed by atoms with Gasteiger partial charge in [-0.25, -0.2) is 0 Å².